The number of aromatic nitrogens is 2. The van der Waals surface area contributed by atoms with Crippen molar-refractivity contribution in [1.29, 1.82) is 5.26 Å². The van der Waals surface area contributed by atoms with Crippen molar-refractivity contribution in [3.63, 3.8) is 0 Å². The second-order valence-electron chi connectivity index (χ2n) is 15.2. The Morgan fingerprint density at radius 3 is 1.59 bits per heavy atom. The zero-order valence-corrected chi connectivity index (χ0v) is 31.1. The summed E-state index contributed by atoms with van der Waals surface area (Å²) in [6.45, 7) is 0. The van der Waals surface area contributed by atoms with Gasteiger partial charge in [-0.3, -0.25) is 0 Å². The smallest absolute Gasteiger partial charge is 0.160 e. The molecule has 0 radical (unpaired) electrons. The molecular weight excluding hydrogens is 679 g/mol. The number of nitriles is 1. The van der Waals surface area contributed by atoms with E-state index in [1.165, 1.54) is 76.6 Å². The van der Waals surface area contributed by atoms with Crippen molar-refractivity contribution in [2.75, 3.05) is 0 Å². The molecule has 3 heteroatoms. The van der Waals surface area contributed by atoms with E-state index in [1.54, 1.807) is 0 Å². The van der Waals surface area contributed by atoms with Gasteiger partial charge in [0.1, 0.15) is 0 Å². The SMILES string of the molecule is N#Cc1ccc2c(c1)-c1ccc(-c3ccc(-c4cccc(-c5cccc(-c6cc(-c7ccccc7)nc(-c7ccccc7)n6)c5)c4)cc3)cc1C21CCCCC1. The highest BCUT2D eigenvalue weighted by Gasteiger charge is 2.43. The monoisotopic (exact) mass is 717 g/mol. The van der Waals surface area contributed by atoms with Gasteiger partial charge in [0, 0.05) is 22.1 Å². The van der Waals surface area contributed by atoms with Crippen molar-refractivity contribution in [2.45, 2.75) is 37.5 Å². The minimum atomic E-state index is 0.0480. The van der Waals surface area contributed by atoms with E-state index in [1.807, 2.05) is 42.5 Å². The summed E-state index contributed by atoms with van der Waals surface area (Å²) in [6, 6.07) is 64.8. The lowest BCUT2D eigenvalue weighted by Crippen LogP contribution is -2.28. The lowest BCUT2D eigenvalue weighted by atomic mass is 9.67. The Hall–Kier alpha value is -6.89. The van der Waals surface area contributed by atoms with Gasteiger partial charge in [0.25, 0.3) is 0 Å². The van der Waals surface area contributed by atoms with Gasteiger partial charge in [-0.25, -0.2) is 9.97 Å². The molecular formula is C53H39N3. The number of fused-ring (bicyclic) bond motifs is 5. The number of benzene rings is 7. The molecule has 1 fully saturated rings. The van der Waals surface area contributed by atoms with E-state index in [-0.39, 0.29) is 5.41 Å². The van der Waals surface area contributed by atoms with E-state index < -0.39 is 0 Å². The summed E-state index contributed by atoms with van der Waals surface area (Å²) in [5.41, 5.74) is 18.2. The topological polar surface area (TPSA) is 49.6 Å². The summed E-state index contributed by atoms with van der Waals surface area (Å²) in [6.07, 6.45) is 6.12. The van der Waals surface area contributed by atoms with Gasteiger partial charge in [0.05, 0.1) is 23.0 Å². The summed E-state index contributed by atoms with van der Waals surface area (Å²) in [4.78, 5) is 10.1. The molecule has 3 nitrogen and oxygen atoms in total. The highest BCUT2D eigenvalue weighted by Crippen LogP contribution is 2.56. The summed E-state index contributed by atoms with van der Waals surface area (Å²) in [5.74, 6) is 0.713. The average Bonchev–Trinajstić information content (AvgIpc) is 3.54. The predicted octanol–water partition coefficient (Wildman–Crippen LogP) is 13.6. The molecule has 1 aromatic heterocycles. The van der Waals surface area contributed by atoms with Gasteiger partial charge in [0.15, 0.2) is 5.82 Å². The van der Waals surface area contributed by atoms with Crippen LogP contribution in [0, 0.1) is 11.3 Å². The van der Waals surface area contributed by atoms with Crippen LogP contribution < -0.4 is 0 Å². The Kier molecular flexibility index (Phi) is 8.46. The van der Waals surface area contributed by atoms with Gasteiger partial charge in [-0.2, -0.15) is 5.26 Å². The Labute approximate surface area is 328 Å². The molecule has 56 heavy (non-hydrogen) atoms. The lowest BCUT2D eigenvalue weighted by Gasteiger charge is -2.36. The second kappa shape index (κ2) is 14.1. The van der Waals surface area contributed by atoms with Gasteiger partial charge >= 0.3 is 0 Å². The molecule has 2 aliphatic rings. The minimum Gasteiger partial charge on any atom is -0.228 e. The van der Waals surface area contributed by atoms with Gasteiger partial charge in [-0.05, 0) is 105 Å². The van der Waals surface area contributed by atoms with Crippen LogP contribution in [0.2, 0.25) is 0 Å². The molecule has 1 saturated carbocycles. The fourth-order valence-corrected chi connectivity index (χ4v) is 9.11. The third-order valence-corrected chi connectivity index (χ3v) is 11.9. The van der Waals surface area contributed by atoms with Crippen LogP contribution in [0.4, 0.5) is 0 Å². The maximum atomic E-state index is 9.67. The number of rotatable bonds is 6. The highest BCUT2D eigenvalue weighted by molar-refractivity contribution is 5.85. The summed E-state index contributed by atoms with van der Waals surface area (Å²) < 4.78 is 0. The highest BCUT2D eigenvalue weighted by atomic mass is 14.9. The lowest BCUT2D eigenvalue weighted by molar-refractivity contribution is 0.353. The molecule has 0 amide bonds. The number of hydrogen-bond acceptors (Lipinski definition) is 3. The Balaban J connectivity index is 0.959. The number of hydrogen-bond donors (Lipinski definition) is 0. The van der Waals surface area contributed by atoms with Crippen molar-refractivity contribution in [3.8, 4) is 84.5 Å². The third-order valence-electron chi connectivity index (χ3n) is 11.9. The summed E-state index contributed by atoms with van der Waals surface area (Å²) in [7, 11) is 0. The molecule has 0 unspecified atom stereocenters. The van der Waals surface area contributed by atoms with Crippen LogP contribution in [0.5, 0.6) is 0 Å². The average molecular weight is 718 g/mol. The van der Waals surface area contributed by atoms with Crippen molar-refractivity contribution in [1.82, 2.24) is 9.97 Å². The molecule has 0 saturated heterocycles. The Bertz CT molecular complexity index is 2710. The van der Waals surface area contributed by atoms with Crippen LogP contribution in [0.3, 0.4) is 0 Å². The van der Waals surface area contributed by atoms with E-state index in [4.69, 9.17) is 9.97 Å². The van der Waals surface area contributed by atoms with Crippen molar-refractivity contribution in [2.24, 2.45) is 0 Å². The molecule has 1 spiro atoms. The Morgan fingerprint density at radius 1 is 0.393 bits per heavy atom. The first-order valence-corrected chi connectivity index (χ1v) is 19.7. The van der Waals surface area contributed by atoms with Crippen LogP contribution in [-0.2, 0) is 5.41 Å². The summed E-state index contributed by atoms with van der Waals surface area (Å²) in [5, 5.41) is 9.67. The van der Waals surface area contributed by atoms with Gasteiger partial charge in [-0.1, -0.05) is 159 Å². The fourth-order valence-electron chi connectivity index (χ4n) is 9.11. The molecule has 0 atom stereocenters. The van der Waals surface area contributed by atoms with E-state index in [0.717, 1.165) is 44.8 Å². The summed E-state index contributed by atoms with van der Waals surface area (Å²) >= 11 is 0. The van der Waals surface area contributed by atoms with Crippen molar-refractivity contribution >= 4 is 0 Å². The van der Waals surface area contributed by atoms with Crippen LogP contribution >= 0.6 is 0 Å². The molecule has 0 bridgehead atoms. The van der Waals surface area contributed by atoms with Crippen LogP contribution in [0.1, 0.15) is 48.8 Å². The largest absolute Gasteiger partial charge is 0.228 e. The molecule has 8 aromatic rings. The predicted molar refractivity (Wildman–Crippen MR) is 229 cm³/mol. The third kappa shape index (κ3) is 6.01. The van der Waals surface area contributed by atoms with E-state index in [0.29, 0.717) is 5.82 Å². The molecule has 1 heterocycles. The quantitative estimate of drug-likeness (QED) is 0.172. The van der Waals surface area contributed by atoms with Crippen molar-refractivity contribution < 1.29 is 0 Å². The standard InChI is InChI=1S/C53H39N3/c54-35-36-20-27-48-47(30-36)46-26-25-44(33-49(46)53(48)28-8-3-9-29-53)38-23-21-37(22-24-38)41-16-10-17-42(31-41)43-18-11-19-45(32-43)51-34-50(39-12-4-1-5-13-39)55-52(56-51)40-14-6-2-7-15-40/h1-2,4-7,10-27,30-34H,3,8-9,28-29H2. The van der Waals surface area contributed by atoms with E-state index in [2.05, 4.69) is 140 Å². The van der Waals surface area contributed by atoms with Crippen LogP contribution in [0.15, 0.2) is 176 Å². The zero-order chi connectivity index (χ0) is 37.5. The van der Waals surface area contributed by atoms with Crippen LogP contribution in [-0.4, -0.2) is 9.97 Å². The molecule has 266 valence electrons. The van der Waals surface area contributed by atoms with Crippen molar-refractivity contribution in [3.05, 3.63) is 193 Å². The van der Waals surface area contributed by atoms with Crippen LogP contribution in [0.25, 0.3) is 78.4 Å². The second-order valence-corrected chi connectivity index (χ2v) is 15.2. The van der Waals surface area contributed by atoms with E-state index >= 15 is 0 Å². The minimum absolute atomic E-state index is 0.0480. The van der Waals surface area contributed by atoms with Gasteiger partial charge < -0.3 is 0 Å². The number of nitrogens with zero attached hydrogens (tertiary/aromatic N) is 3. The first-order chi connectivity index (χ1) is 27.6. The molecule has 10 rings (SSSR count). The van der Waals surface area contributed by atoms with Gasteiger partial charge in [-0.15, -0.1) is 0 Å². The Morgan fingerprint density at radius 2 is 0.929 bits per heavy atom. The first kappa shape index (κ1) is 33.7. The maximum absolute atomic E-state index is 9.67. The molecule has 2 aliphatic carbocycles. The fraction of sp³-hybridized carbons (Fsp3) is 0.113. The molecule has 0 aliphatic heterocycles. The maximum Gasteiger partial charge on any atom is 0.160 e. The van der Waals surface area contributed by atoms with E-state index in [9.17, 15) is 5.26 Å². The molecule has 0 N–H and O–H groups in total. The molecule has 7 aromatic carbocycles. The zero-order valence-electron chi connectivity index (χ0n) is 31.1. The van der Waals surface area contributed by atoms with Gasteiger partial charge in [0.2, 0.25) is 0 Å². The first-order valence-electron chi connectivity index (χ1n) is 19.7. The normalized spacial score (nSPS) is 13.8.